The van der Waals surface area contributed by atoms with Crippen LogP contribution in [-0.4, -0.2) is 22.9 Å². The fourth-order valence-electron chi connectivity index (χ4n) is 2.53. The van der Waals surface area contributed by atoms with E-state index < -0.39 is 0 Å². The minimum absolute atomic E-state index is 0. The molecule has 2 aromatic rings. The smallest absolute Gasteiger partial charge is 0.374 e. The Hall–Kier alpha value is -1.23. The van der Waals surface area contributed by atoms with Crippen LogP contribution >= 0.6 is 0 Å². The first-order valence-electron chi connectivity index (χ1n) is 6.74. The number of fused-ring (bicyclic) bond motifs is 1. The molecule has 0 bridgehead atoms. The summed E-state index contributed by atoms with van der Waals surface area (Å²) in [5.41, 5.74) is 0.667. The molecule has 0 radical (unpaired) electrons. The Morgan fingerprint density at radius 1 is 1.05 bits per heavy atom. The van der Waals surface area contributed by atoms with Crippen LogP contribution in [0.4, 0.5) is 0 Å². The topological polar surface area (TPSA) is 20.3 Å². The number of nitrogens with zero attached hydrogens (tertiary/aromatic N) is 1. The zero-order valence-electron chi connectivity index (χ0n) is 13.0. The minimum Gasteiger partial charge on any atom is -0.374 e. The van der Waals surface area contributed by atoms with Crippen LogP contribution in [0.3, 0.4) is 0 Å². The van der Waals surface area contributed by atoms with E-state index in [-0.39, 0.29) is 36.9 Å². The third-order valence-electron chi connectivity index (χ3n) is 3.28. The number of rotatable bonds is 3. The molecule has 0 saturated heterocycles. The zero-order valence-corrected chi connectivity index (χ0v) is 13.0. The van der Waals surface area contributed by atoms with E-state index in [1.165, 1.54) is 0 Å². The summed E-state index contributed by atoms with van der Waals surface area (Å²) in [6, 6.07) is 15.2. The van der Waals surface area contributed by atoms with Crippen molar-refractivity contribution in [2.45, 2.75) is 39.8 Å². The minimum atomic E-state index is 0. The van der Waals surface area contributed by atoms with Gasteiger partial charge in [0.2, 0.25) is 0 Å². The monoisotopic (exact) mass is 261 g/mol. The number of hydrogen-bond donors (Lipinski definition) is 0. The van der Waals surface area contributed by atoms with Gasteiger partial charge in [-0.3, -0.25) is 0 Å². The Balaban J connectivity index is 0.00000200. The molecule has 0 aliphatic heterocycles. The first-order chi connectivity index (χ1) is 9.02. The van der Waals surface area contributed by atoms with Crippen molar-refractivity contribution in [2.75, 3.05) is 0 Å². The van der Waals surface area contributed by atoms with Crippen molar-refractivity contribution in [1.82, 2.24) is 4.90 Å². The van der Waals surface area contributed by atoms with Crippen LogP contribution in [0.1, 0.15) is 38.1 Å². The van der Waals surface area contributed by atoms with Crippen LogP contribution < -0.4 is 18.9 Å². The molecule has 0 fully saturated rings. The number of carbonyl (C=O) groups is 1. The number of amides is 1. The maximum Gasteiger partial charge on any atom is 1.00 e. The van der Waals surface area contributed by atoms with Gasteiger partial charge in [-0.2, -0.15) is 0 Å². The van der Waals surface area contributed by atoms with Gasteiger partial charge in [-0.1, -0.05) is 35.2 Å². The molecule has 0 atom stereocenters. The Bertz CT molecular complexity index is 579. The quantitative estimate of drug-likeness (QED) is 0.594. The van der Waals surface area contributed by atoms with Gasteiger partial charge in [-0.15, -0.1) is 23.6 Å². The molecule has 0 unspecified atom stereocenters. The van der Waals surface area contributed by atoms with E-state index in [0.717, 1.165) is 10.8 Å². The van der Waals surface area contributed by atoms with Crippen LogP contribution in [0.2, 0.25) is 0 Å². The van der Waals surface area contributed by atoms with Gasteiger partial charge in [0.05, 0.1) is 0 Å². The van der Waals surface area contributed by atoms with Crippen molar-refractivity contribution in [3.63, 3.8) is 0 Å². The van der Waals surface area contributed by atoms with E-state index in [0.29, 0.717) is 5.56 Å². The Morgan fingerprint density at radius 3 is 2.25 bits per heavy atom. The molecule has 0 heterocycles. The molecule has 100 valence electrons. The second-order valence-corrected chi connectivity index (χ2v) is 5.34. The van der Waals surface area contributed by atoms with Gasteiger partial charge < -0.3 is 9.69 Å². The molecule has 3 heteroatoms. The fraction of sp³-hybridized carbons (Fsp3) is 0.353. The van der Waals surface area contributed by atoms with Crippen LogP contribution in [0.25, 0.3) is 10.8 Å². The van der Waals surface area contributed by atoms with Crippen molar-refractivity contribution in [3.05, 3.63) is 48.0 Å². The average Bonchev–Trinajstić information content (AvgIpc) is 2.37. The first kappa shape index (κ1) is 16.8. The standard InChI is InChI=1S/C17H20NO.Li/c1-12(2)18(13(3)4)17(19)16-11-7-9-14-8-5-6-10-15(14)16;/h5-10,12-13H,1-4H3;/q-1;+1. The maximum atomic E-state index is 12.7. The molecular weight excluding hydrogens is 241 g/mol. The molecule has 0 aliphatic carbocycles. The van der Waals surface area contributed by atoms with Gasteiger partial charge in [0.25, 0.3) is 0 Å². The van der Waals surface area contributed by atoms with Crippen molar-refractivity contribution in [1.29, 1.82) is 0 Å². The van der Waals surface area contributed by atoms with Crippen molar-refractivity contribution >= 4 is 16.7 Å². The number of hydrogen-bond acceptors (Lipinski definition) is 1. The summed E-state index contributed by atoms with van der Waals surface area (Å²) in [5.74, 6) is 0.0572. The van der Waals surface area contributed by atoms with E-state index in [2.05, 4.69) is 6.07 Å². The summed E-state index contributed by atoms with van der Waals surface area (Å²) in [4.78, 5) is 14.6. The van der Waals surface area contributed by atoms with Crippen LogP contribution in [0.15, 0.2) is 36.4 Å². The van der Waals surface area contributed by atoms with Gasteiger partial charge in [0.1, 0.15) is 0 Å². The molecule has 20 heavy (non-hydrogen) atoms. The van der Waals surface area contributed by atoms with E-state index in [4.69, 9.17) is 0 Å². The van der Waals surface area contributed by atoms with E-state index in [9.17, 15) is 4.79 Å². The summed E-state index contributed by atoms with van der Waals surface area (Å²) >= 11 is 0. The van der Waals surface area contributed by atoms with Crippen molar-refractivity contribution in [2.24, 2.45) is 0 Å². The van der Waals surface area contributed by atoms with Gasteiger partial charge in [0, 0.05) is 12.1 Å². The Morgan fingerprint density at radius 2 is 1.65 bits per heavy atom. The summed E-state index contributed by atoms with van der Waals surface area (Å²) in [6.07, 6.45) is 0. The molecule has 0 N–H and O–H groups in total. The van der Waals surface area contributed by atoms with Crippen molar-refractivity contribution < 1.29 is 23.7 Å². The van der Waals surface area contributed by atoms with Crippen LogP contribution in [0.5, 0.6) is 0 Å². The second kappa shape index (κ2) is 6.97. The molecular formula is C17H20LiNO. The summed E-state index contributed by atoms with van der Waals surface area (Å²) < 4.78 is 0. The predicted octanol–water partition coefficient (Wildman–Crippen LogP) is 0.903. The molecule has 2 aromatic carbocycles. The molecule has 0 aliphatic rings. The van der Waals surface area contributed by atoms with Gasteiger partial charge in [0.15, 0.2) is 5.91 Å². The molecule has 0 aromatic heterocycles. The van der Waals surface area contributed by atoms with Crippen molar-refractivity contribution in [3.8, 4) is 0 Å². The predicted molar refractivity (Wildman–Crippen MR) is 79.2 cm³/mol. The fourth-order valence-corrected chi connectivity index (χ4v) is 2.53. The Kier molecular flexibility index (Phi) is 5.86. The van der Waals surface area contributed by atoms with E-state index in [1.807, 2.05) is 69.0 Å². The van der Waals surface area contributed by atoms with Crippen LogP contribution in [-0.2, 0) is 0 Å². The SMILES string of the molecule is CC(C)N(C(=O)c1[c-]ccc2ccccc12)C(C)C.[Li+]. The molecule has 1 amide bonds. The zero-order chi connectivity index (χ0) is 14.0. The normalized spacial score (nSPS) is 10.7. The first-order valence-corrected chi connectivity index (χ1v) is 6.74. The van der Waals surface area contributed by atoms with Gasteiger partial charge in [-0.05, 0) is 27.7 Å². The summed E-state index contributed by atoms with van der Waals surface area (Å²) in [6.45, 7) is 8.18. The molecule has 2 rings (SSSR count). The Labute approximate surface area is 133 Å². The largest absolute Gasteiger partial charge is 1.00 e. The average molecular weight is 261 g/mol. The van der Waals surface area contributed by atoms with E-state index >= 15 is 0 Å². The van der Waals surface area contributed by atoms with E-state index in [1.54, 1.807) is 0 Å². The van der Waals surface area contributed by atoms with Gasteiger partial charge in [-0.25, -0.2) is 0 Å². The summed E-state index contributed by atoms with van der Waals surface area (Å²) in [5, 5.41) is 2.05. The summed E-state index contributed by atoms with van der Waals surface area (Å²) in [7, 11) is 0. The number of benzene rings is 2. The van der Waals surface area contributed by atoms with Crippen LogP contribution in [0, 0.1) is 6.07 Å². The third kappa shape index (κ3) is 3.26. The number of carbonyl (C=O) groups excluding carboxylic acids is 1. The third-order valence-corrected chi connectivity index (χ3v) is 3.28. The second-order valence-electron chi connectivity index (χ2n) is 5.34. The molecule has 0 spiro atoms. The molecule has 0 saturated carbocycles. The maximum absolute atomic E-state index is 12.7. The van der Waals surface area contributed by atoms with Gasteiger partial charge >= 0.3 is 18.9 Å². The molecule has 2 nitrogen and oxygen atoms in total.